The van der Waals surface area contributed by atoms with Crippen molar-refractivity contribution in [3.05, 3.63) is 62.3 Å². The van der Waals surface area contributed by atoms with Gasteiger partial charge in [-0.3, -0.25) is 9.36 Å². The summed E-state index contributed by atoms with van der Waals surface area (Å²) < 4.78 is 15.8. The number of thiophene rings is 1. The van der Waals surface area contributed by atoms with Gasteiger partial charge in [-0.2, -0.15) is 5.26 Å². The minimum absolute atomic E-state index is 0.0429. The average Bonchev–Trinajstić information content (AvgIpc) is 3.20. The van der Waals surface area contributed by atoms with E-state index in [2.05, 4.69) is 6.07 Å². The number of nitrogens with zero attached hydrogens (tertiary/aromatic N) is 3. The van der Waals surface area contributed by atoms with Gasteiger partial charge < -0.3 is 0 Å². The van der Waals surface area contributed by atoms with Gasteiger partial charge in [-0.25, -0.2) is 9.37 Å². The van der Waals surface area contributed by atoms with Gasteiger partial charge in [-0.05, 0) is 42.9 Å². The molecule has 3 aromatic rings. The second-order valence-electron chi connectivity index (χ2n) is 6.55. The van der Waals surface area contributed by atoms with Gasteiger partial charge in [-0.15, -0.1) is 11.3 Å². The maximum atomic E-state index is 14.1. The maximum absolute atomic E-state index is 14.1. The Labute approximate surface area is 154 Å². The van der Waals surface area contributed by atoms with Gasteiger partial charge in [0.25, 0.3) is 5.56 Å². The van der Waals surface area contributed by atoms with Crippen molar-refractivity contribution >= 4 is 21.6 Å². The number of rotatable bonds is 5. The lowest BCUT2D eigenvalue weighted by atomic mass is 10.1. The van der Waals surface area contributed by atoms with Crippen LogP contribution in [0.15, 0.2) is 29.1 Å². The first-order valence-electron chi connectivity index (χ1n) is 8.83. The summed E-state index contributed by atoms with van der Waals surface area (Å²) in [6, 6.07) is 8.70. The lowest BCUT2D eigenvalue weighted by Gasteiger charge is -2.13. The van der Waals surface area contributed by atoms with Crippen LogP contribution < -0.4 is 5.56 Å². The highest BCUT2D eigenvalue weighted by atomic mass is 32.1. The minimum atomic E-state index is -0.293. The summed E-state index contributed by atoms with van der Waals surface area (Å²) in [6.45, 7) is 0.434. The molecule has 0 aliphatic heterocycles. The molecule has 1 aromatic carbocycles. The van der Waals surface area contributed by atoms with Crippen molar-refractivity contribution in [1.82, 2.24) is 9.55 Å². The number of aryl methyl sites for hydroxylation is 2. The molecule has 132 valence electrons. The lowest BCUT2D eigenvalue weighted by Crippen LogP contribution is -2.26. The minimum Gasteiger partial charge on any atom is -0.296 e. The number of hydrogen-bond acceptors (Lipinski definition) is 4. The number of benzene rings is 1. The first-order chi connectivity index (χ1) is 12.7. The van der Waals surface area contributed by atoms with Crippen LogP contribution in [0.2, 0.25) is 0 Å². The van der Waals surface area contributed by atoms with Crippen LogP contribution in [-0.2, 0) is 25.8 Å². The van der Waals surface area contributed by atoms with Crippen molar-refractivity contribution in [2.45, 2.75) is 45.1 Å². The average molecular weight is 367 g/mol. The second-order valence-corrected chi connectivity index (χ2v) is 7.64. The third-order valence-corrected chi connectivity index (χ3v) is 6.07. The lowest BCUT2D eigenvalue weighted by molar-refractivity contribution is 0.582. The molecule has 1 aliphatic carbocycles. The first kappa shape index (κ1) is 16.9. The third kappa shape index (κ3) is 2.93. The molecular weight excluding hydrogens is 349 g/mol. The molecule has 0 saturated heterocycles. The van der Waals surface area contributed by atoms with Gasteiger partial charge >= 0.3 is 0 Å². The van der Waals surface area contributed by atoms with Crippen molar-refractivity contribution in [1.29, 1.82) is 5.26 Å². The van der Waals surface area contributed by atoms with Crippen LogP contribution in [0.1, 0.15) is 41.1 Å². The molecule has 0 N–H and O–H groups in total. The molecule has 0 saturated carbocycles. The topological polar surface area (TPSA) is 58.7 Å². The van der Waals surface area contributed by atoms with Crippen LogP contribution in [0.4, 0.5) is 4.39 Å². The fourth-order valence-corrected chi connectivity index (χ4v) is 4.88. The number of fused-ring (bicyclic) bond motifs is 3. The normalized spacial score (nSPS) is 13.1. The molecule has 0 spiro atoms. The smallest absolute Gasteiger partial charge is 0.262 e. The van der Waals surface area contributed by atoms with Crippen molar-refractivity contribution in [2.75, 3.05) is 0 Å². The SMILES string of the molecule is N#CCCCn1c(Cc2ccccc2F)nc2sc3c(c2c1=O)CCC3. The monoisotopic (exact) mass is 367 g/mol. The summed E-state index contributed by atoms with van der Waals surface area (Å²) in [4.78, 5) is 20.0. The number of nitriles is 1. The molecule has 2 heterocycles. The predicted octanol–water partition coefficient (Wildman–Crippen LogP) is 3.98. The Morgan fingerprint density at radius 2 is 2.15 bits per heavy atom. The highest BCUT2D eigenvalue weighted by Crippen LogP contribution is 2.35. The Balaban J connectivity index is 1.84. The molecule has 1 aliphatic rings. The van der Waals surface area contributed by atoms with Crippen LogP contribution in [0.5, 0.6) is 0 Å². The van der Waals surface area contributed by atoms with Crippen LogP contribution in [-0.4, -0.2) is 9.55 Å². The Bertz CT molecular complexity index is 1080. The van der Waals surface area contributed by atoms with E-state index >= 15 is 0 Å². The molecule has 0 unspecified atom stereocenters. The van der Waals surface area contributed by atoms with Gasteiger partial charge in [-0.1, -0.05) is 18.2 Å². The van der Waals surface area contributed by atoms with Gasteiger partial charge in [0.2, 0.25) is 0 Å². The molecule has 6 heteroatoms. The maximum Gasteiger partial charge on any atom is 0.262 e. The fourth-order valence-electron chi connectivity index (χ4n) is 3.61. The van der Waals surface area contributed by atoms with E-state index < -0.39 is 0 Å². The number of aromatic nitrogens is 2. The van der Waals surface area contributed by atoms with E-state index in [0.29, 0.717) is 30.8 Å². The van der Waals surface area contributed by atoms with Crippen molar-refractivity contribution < 1.29 is 4.39 Å². The van der Waals surface area contributed by atoms with Crippen molar-refractivity contribution in [3.63, 3.8) is 0 Å². The molecule has 0 bridgehead atoms. The highest BCUT2D eigenvalue weighted by molar-refractivity contribution is 7.18. The van der Waals surface area contributed by atoms with E-state index in [1.165, 1.54) is 10.9 Å². The predicted molar refractivity (Wildman–Crippen MR) is 100.0 cm³/mol. The van der Waals surface area contributed by atoms with Gasteiger partial charge in [0.05, 0.1) is 11.5 Å². The standard InChI is InChI=1S/C20H18FN3OS/c21-15-8-2-1-6-13(15)12-17-23-19-18(14-7-5-9-16(14)26-19)20(25)24(17)11-4-3-10-22/h1-2,6,8H,3-5,7,9,11-12H2. The van der Waals surface area contributed by atoms with E-state index in [4.69, 9.17) is 10.2 Å². The summed E-state index contributed by atoms with van der Waals surface area (Å²) in [6.07, 6.45) is 4.25. The third-order valence-electron chi connectivity index (χ3n) is 4.88. The van der Waals surface area contributed by atoms with Gasteiger partial charge in [0.15, 0.2) is 0 Å². The summed E-state index contributed by atoms with van der Waals surface area (Å²) in [5.74, 6) is 0.282. The van der Waals surface area contributed by atoms with Gasteiger partial charge in [0.1, 0.15) is 16.5 Å². The molecule has 0 atom stereocenters. The first-order valence-corrected chi connectivity index (χ1v) is 9.65. The van der Waals surface area contributed by atoms with E-state index in [-0.39, 0.29) is 17.8 Å². The molecule has 0 fully saturated rings. The largest absolute Gasteiger partial charge is 0.296 e. The van der Waals surface area contributed by atoms with E-state index in [9.17, 15) is 9.18 Å². The van der Waals surface area contributed by atoms with E-state index in [0.717, 1.165) is 35.0 Å². The summed E-state index contributed by atoms with van der Waals surface area (Å²) in [5.41, 5.74) is 1.63. The molecule has 0 amide bonds. The molecule has 4 rings (SSSR count). The number of hydrogen-bond donors (Lipinski definition) is 0. The van der Waals surface area contributed by atoms with E-state index in [1.807, 2.05) is 0 Å². The molecule has 2 aromatic heterocycles. The number of halogens is 1. The molecule has 26 heavy (non-hydrogen) atoms. The van der Waals surface area contributed by atoms with E-state index in [1.54, 1.807) is 34.1 Å². The van der Waals surface area contributed by atoms with Crippen LogP contribution in [0, 0.1) is 17.1 Å². The van der Waals surface area contributed by atoms with Crippen LogP contribution >= 0.6 is 11.3 Å². The van der Waals surface area contributed by atoms with Crippen molar-refractivity contribution in [3.8, 4) is 6.07 Å². The second kappa shape index (κ2) is 7.00. The summed E-state index contributed by atoms with van der Waals surface area (Å²) >= 11 is 1.60. The summed E-state index contributed by atoms with van der Waals surface area (Å²) in [7, 11) is 0. The number of unbranched alkanes of at least 4 members (excludes halogenated alkanes) is 1. The Kier molecular flexibility index (Phi) is 4.56. The Morgan fingerprint density at radius 1 is 1.31 bits per heavy atom. The van der Waals surface area contributed by atoms with Crippen LogP contribution in [0.3, 0.4) is 0 Å². The fraction of sp³-hybridized carbons (Fsp3) is 0.350. The Morgan fingerprint density at radius 3 is 2.96 bits per heavy atom. The zero-order valence-corrected chi connectivity index (χ0v) is 15.1. The summed E-state index contributed by atoms with van der Waals surface area (Å²) in [5, 5.41) is 9.55. The zero-order valence-electron chi connectivity index (χ0n) is 14.3. The quantitative estimate of drug-likeness (QED) is 0.641. The van der Waals surface area contributed by atoms with Gasteiger partial charge in [0, 0.05) is 24.3 Å². The molecule has 4 nitrogen and oxygen atoms in total. The molecular formula is C20H18FN3OS. The van der Waals surface area contributed by atoms with Crippen molar-refractivity contribution in [2.24, 2.45) is 0 Å². The van der Waals surface area contributed by atoms with Crippen LogP contribution in [0.25, 0.3) is 10.2 Å². The zero-order chi connectivity index (χ0) is 18.1. The molecule has 0 radical (unpaired) electrons. The Hall–Kier alpha value is -2.52. The highest BCUT2D eigenvalue weighted by Gasteiger charge is 2.23.